The molecule has 1 N–H and O–H groups in total. The molecule has 3 aromatic carbocycles. The second kappa shape index (κ2) is 13.3. The number of amides is 2. The monoisotopic (exact) mass is 575 g/mol. The van der Waals surface area contributed by atoms with Crippen LogP contribution in [0.2, 0.25) is 0 Å². The van der Waals surface area contributed by atoms with Gasteiger partial charge in [-0.2, -0.15) is 0 Å². The highest BCUT2D eigenvalue weighted by Gasteiger charge is 2.34. The molecule has 7 nitrogen and oxygen atoms in total. The van der Waals surface area contributed by atoms with Gasteiger partial charge < -0.3 is 10.2 Å². The SMILES string of the molecule is Cc1ccc(CN(C(=O)CN(c2ccc(C)cc2C)S(C)(=O)=O)[C@H](Cc2ccccc2)C(=O)NC2CCCC2)cc1. The predicted octanol–water partition coefficient (Wildman–Crippen LogP) is 5.08. The number of nitrogens with zero attached hydrogens (tertiary/aromatic N) is 2. The maximum absolute atomic E-state index is 14.2. The van der Waals surface area contributed by atoms with E-state index in [1.807, 2.05) is 87.5 Å². The molecule has 218 valence electrons. The lowest BCUT2D eigenvalue weighted by Gasteiger charge is -2.34. The minimum Gasteiger partial charge on any atom is -0.352 e. The first-order valence-corrected chi connectivity index (χ1v) is 16.1. The molecule has 8 heteroatoms. The normalized spacial score (nSPS) is 14.4. The van der Waals surface area contributed by atoms with E-state index in [1.54, 1.807) is 11.0 Å². The molecule has 4 rings (SSSR count). The van der Waals surface area contributed by atoms with Crippen LogP contribution < -0.4 is 9.62 Å². The van der Waals surface area contributed by atoms with Gasteiger partial charge in [0.05, 0.1) is 11.9 Å². The van der Waals surface area contributed by atoms with E-state index in [4.69, 9.17) is 0 Å². The van der Waals surface area contributed by atoms with Crippen LogP contribution in [0.15, 0.2) is 72.8 Å². The largest absolute Gasteiger partial charge is 0.352 e. The molecule has 0 aromatic heterocycles. The number of benzene rings is 3. The summed E-state index contributed by atoms with van der Waals surface area (Å²) in [7, 11) is -3.80. The van der Waals surface area contributed by atoms with Crippen LogP contribution in [0.25, 0.3) is 0 Å². The Morgan fingerprint density at radius 3 is 2.12 bits per heavy atom. The summed E-state index contributed by atoms with van der Waals surface area (Å²) in [6.07, 6.45) is 5.41. The fourth-order valence-corrected chi connectivity index (χ4v) is 6.40. The summed E-state index contributed by atoms with van der Waals surface area (Å²) in [4.78, 5) is 29.7. The Hall–Kier alpha value is -3.65. The molecule has 1 atom stereocenters. The van der Waals surface area contributed by atoms with Gasteiger partial charge in [0, 0.05) is 19.0 Å². The van der Waals surface area contributed by atoms with Crippen molar-refractivity contribution in [1.82, 2.24) is 10.2 Å². The van der Waals surface area contributed by atoms with Crippen LogP contribution in [-0.2, 0) is 32.6 Å². The van der Waals surface area contributed by atoms with Crippen molar-refractivity contribution in [2.45, 2.75) is 71.5 Å². The van der Waals surface area contributed by atoms with E-state index in [9.17, 15) is 18.0 Å². The minimum atomic E-state index is -3.80. The number of sulfonamides is 1. The highest BCUT2D eigenvalue weighted by molar-refractivity contribution is 7.92. The van der Waals surface area contributed by atoms with Gasteiger partial charge >= 0.3 is 0 Å². The molecule has 1 saturated carbocycles. The van der Waals surface area contributed by atoms with Crippen LogP contribution in [-0.4, -0.2) is 50.0 Å². The molecule has 0 saturated heterocycles. The molecule has 0 unspecified atom stereocenters. The second-order valence-corrected chi connectivity index (χ2v) is 13.2. The molecule has 1 aliphatic carbocycles. The maximum atomic E-state index is 14.2. The van der Waals surface area contributed by atoms with E-state index < -0.39 is 28.5 Å². The lowest BCUT2D eigenvalue weighted by molar-refractivity contribution is -0.140. The number of carbonyl (C=O) groups excluding carboxylic acids is 2. The Morgan fingerprint density at radius 1 is 0.878 bits per heavy atom. The second-order valence-electron chi connectivity index (χ2n) is 11.3. The van der Waals surface area contributed by atoms with Crippen LogP contribution in [0.4, 0.5) is 5.69 Å². The van der Waals surface area contributed by atoms with Crippen molar-refractivity contribution in [3.63, 3.8) is 0 Å². The lowest BCUT2D eigenvalue weighted by atomic mass is 10.0. The van der Waals surface area contributed by atoms with Gasteiger partial charge in [-0.1, -0.05) is 90.7 Å². The van der Waals surface area contributed by atoms with Crippen LogP contribution in [0, 0.1) is 20.8 Å². The van der Waals surface area contributed by atoms with Crippen molar-refractivity contribution in [2.75, 3.05) is 17.1 Å². The van der Waals surface area contributed by atoms with Crippen LogP contribution >= 0.6 is 0 Å². The van der Waals surface area contributed by atoms with Gasteiger partial charge in [-0.15, -0.1) is 0 Å². The third-order valence-electron chi connectivity index (χ3n) is 7.75. The molecule has 0 heterocycles. The van der Waals surface area contributed by atoms with Crippen molar-refractivity contribution in [3.8, 4) is 0 Å². The molecule has 0 aliphatic heterocycles. The van der Waals surface area contributed by atoms with E-state index in [2.05, 4.69) is 5.32 Å². The lowest BCUT2D eigenvalue weighted by Crippen LogP contribution is -2.54. The van der Waals surface area contributed by atoms with E-state index in [-0.39, 0.29) is 18.5 Å². The number of hydrogen-bond acceptors (Lipinski definition) is 4. The number of aryl methyl sites for hydroxylation is 3. The fraction of sp³-hybridized carbons (Fsp3) is 0.394. The standard InChI is InChI=1S/C33H41N3O4S/c1-24-14-17-28(18-15-24)22-35(32(37)23-36(41(4,39)40)30-19-16-25(2)20-26(30)3)31(21-27-10-6-5-7-11-27)33(38)34-29-12-8-9-13-29/h5-7,10-11,14-20,29,31H,8-9,12-13,21-23H2,1-4H3,(H,34,38)/t31-/m1/s1. The van der Waals surface area contributed by atoms with Gasteiger partial charge in [-0.05, 0) is 56.4 Å². The zero-order valence-corrected chi connectivity index (χ0v) is 25.3. The molecule has 1 fully saturated rings. The number of anilines is 1. The molecule has 2 amide bonds. The average molecular weight is 576 g/mol. The van der Waals surface area contributed by atoms with Crippen molar-refractivity contribution in [1.29, 1.82) is 0 Å². The van der Waals surface area contributed by atoms with Crippen LogP contribution in [0.1, 0.15) is 53.5 Å². The smallest absolute Gasteiger partial charge is 0.244 e. The first-order valence-electron chi connectivity index (χ1n) is 14.3. The number of rotatable bonds is 11. The number of carbonyl (C=O) groups is 2. The summed E-state index contributed by atoms with van der Waals surface area (Å²) in [5.74, 6) is -0.642. The highest BCUT2D eigenvalue weighted by Crippen LogP contribution is 2.25. The average Bonchev–Trinajstić information content (AvgIpc) is 3.43. The molecule has 0 spiro atoms. The fourth-order valence-electron chi connectivity index (χ4n) is 5.49. The summed E-state index contributed by atoms with van der Waals surface area (Å²) < 4.78 is 27.2. The van der Waals surface area contributed by atoms with Gasteiger partial charge in [-0.25, -0.2) is 8.42 Å². The van der Waals surface area contributed by atoms with E-state index in [1.165, 1.54) is 0 Å². The quantitative estimate of drug-likeness (QED) is 0.346. The molecule has 0 radical (unpaired) electrons. The zero-order valence-electron chi connectivity index (χ0n) is 24.5. The Labute approximate surface area is 244 Å². The molecule has 1 aliphatic rings. The topological polar surface area (TPSA) is 86.8 Å². The van der Waals surface area contributed by atoms with Crippen molar-refractivity contribution in [2.24, 2.45) is 0 Å². The Balaban J connectivity index is 1.73. The number of hydrogen-bond donors (Lipinski definition) is 1. The van der Waals surface area contributed by atoms with Crippen molar-refractivity contribution in [3.05, 3.63) is 101 Å². The van der Waals surface area contributed by atoms with Gasteiger partial charge in [0.1, 0.15) is 12.6 Å². The third kappa shape index (κ3) is 8.19. The molecular formula is C33H41N3O4S. The Morgan fingerprint density at radius 2 is 1.51 bits per heavy atom. The summed E-state index contributed by atoms with van der Waals surface area (Å²) in [5.41, 5.74) is 5.09. The first kappa shape index (κ1) is 30.3. The molecule has 0 bridgehead atoms. The van der Waals surface area contributed by atoms with Crippen molar-refractivity contribution < 1.29 is 18.0 Å². The minimum absolute atomic E-state index is 0.0832. The van der Waals surface area contributed by atoms with Gasteiger partial charge in [0.2, 0.25) is 21.8 Å². The zero-order chi connectivity index (χ0) is 29.6. The molecular weight excluding hydrogens is 534 g/mol. The predicted molar refractivity (Wildman–Crippen MR) is 164 cm³/mol. The number of nitrogens with one attached hydrogen (secondary N) is 1. The Kier molecular flexibility index (Phi) is 9.86. The summed E-state index contributed by atoms with van der Waals surface area (Å²) in [5, 5.41) is 3.20. The Bertz CT molecular complexity index is 1450. The first-order chi connectivity index (χ1) is 19.5. The van der Waals surface area contributed by atoms with Gasteiger partial charge in [0.15, 0.2) is 0 Å². The summed E-state index contributed by atoms with van der Waals surface area (Å²) in [6.45, 7) is 5.54. The third-order valence-corrected chi connectivity index (χ3v) is 8.87. The van der Waals surface area contributed by atoms with Gasteiger partial charge in [0.25, 0.3) is 0 Å². The van der Waals surface area contributed by atoms with E-state index >= 15 is 0 Å². The highest BCUT2D eigenvalue weighted by atomic mass is 32.2. The van der Waals surface area contributed by atoms with E-state index in [0.29, 0.717) is 12.1 Å². The summed E-state index contributed by atoms with van der Waals surface area (Å²) >= 11 is 0. The molecule has 41 heavy (non-hydrogen) atoms. The molecule has 3 aromatic rings. The van der Waals surface area contributed by atoms with Crippen molar-refractivity contribution >= 4 is 27.5 Å². The van der Waals surface area contributed by atoms with E-state index in [0.717, 1.165) is 64.1 Å². The van der Waals surface area contributed by atoms with Crippen LogP contribution in [0.3, 0.4) is 0 Å². The summed E-state index contributed by atoms with van der Waals surface area (Å²) in [6, 6.07) is 22.2. The van der Waals surface area contributed by atoms with Gasteiger partial charge in [-0.3, -0.25) is 13.9 Å². The van der Waals surface area contributed by atoms with Crippen LogP contribution in [0.5, 0.6) is 0 Å². The maximum Gasteiger partial charge on any atom is 0.244 e.